The van der Waals surface area contributed by atoms with E-state index in [9.17, 15) is 9.59 Å². The molecule has 2 aromatic rings. The Bertz CT molecular complexity index is 707. The average molecular weight is 342 g/mol. The molecule has 1 aromatic heterocycles. The average Bonchev–Trinajstić information content (AvgIpc) is 3.24. The van der Waals surface area contributed by atoms with Crippen molar-refractivity contribution in [3.8, 4) is 0 Å². The Morgan fingerprint density at radius 2 is 1.96 bits per heavy atom. The molecular formula is C19H22N2O2S. The van der Waals surface area contributed by atoms with E-state index in [-0.39, 0.29) is 17.9 Å². The number of rotatable bonds is 5. The van der Waals surface area contributed by atoms with Gasteiger partial charge in [-0.2, -0.15) is 0 Å². The highest BCUT2D eigenvalue weighted by Gasteiger charge is 2.23. The Balaban J connectivity index is 1.71. The molecule has 2 heterocycles. The van der Waals surface area contributed by atoms with Crippen LogP contribution in [0.3, 0.4) is 0 Å². The second kappa shape index (κ2) is 7.18. The quantitative estimate of drug-likeness (QED) is 0.893. The van der Waals surface area contributed by atoms with E-state index in [0.29, 0.717) is 17.9 Å². The fourth-order valence-corrected chi connectivity index (χ4v) is 3.92. The predicted octanol–water partition coefficient (Wildman–Crippen LogP) is 4.00. The summed E-state index contributed by atoms with van der Waals surface area (Å²) in [6, 6.07) is 11.4. The van der Waals surface area contributed by atoms with Crippen LogP contribution in [0.1, 0.15) is 48.0 Å². The maximum atomic E-state index is 12.6. The molecule has 0 bridgehead atoms. The standard InChI is InChI=1S/C19H22N2O2S/c1-13(2)18(16-5-4-12-24-16)20-19(23)14-7-9-15(10-8-14)21-11-3-6-17(21)22/h4-5,7-10,12-13,18H,3,6,11H2,1-2H3,(H,20,23)/t18-/m0/s1. The van der Waals surface area contributed by atoms with Crippen LogP contribution in [0.25, 0.3) is 0 Å². The molecule has 2 amide bonds. The van der Waals surface area contributed by atoms with Crippen LogP contribution in [0.5, 0.6) is 0 Å². The first kappa shape index (κ1) is 16.7. The van der Waals surface area contributed by atoms with Crippen LogP contribution in [0.4, 0.5) is 5.69 Å². The lowest BCUT2D eigenvalue weighted by atomic mass is 10.0. The van der Waals surface area contributed by atoms with E-state index < -0.39 is 0 Å². The lowest BCUT2D eigenvalue weighted by molar-refractivity contribution is -0.117. The minimum Gasteiger partial charge on any atom is -0.344 e. The minimum atomic E-state index is -0.0820. The molecule has 126 valence electrons. The molecule has 0 spiro atoms. The van der Waals surface area contributed by atoms with Crippen molar-refractivity contribution in [2.75, 3.05) is 11.4 Å². The molecule has 1 N–H and O–H groups in total. The van der Waals surface area contributed by atoms with E-state index >= 15 is 0 Å². The van der Waals surface area contributed by atoms with Crippen molar-refractivity contribution >= 4 is 28.8 Å². The van der Waals surface area contributed by atoms with Gasteiger partial charge in [0.05, 0.1) is 6.04 Å². The minimum absolute atomic E-state index is 0.0114. The van der Waals surface area contributed by atoms with Crippen molar-refractivity contribution in [1.82, 2.24) is 5.32 Å². The Morgan fingerprint density at radius 3 is 2.50 bits per heavy atom. The van der Waals surface area contributed by atoms with Crippen molar-refractivity contribution in [3.05, 3.63) is 52.2 Å². The van der Waals surface area contributed by atoms with Gasteiger partial charge < -0.3 is 10.2 Å². The van der Waals surface area contributed by atoms with Crippen molar-refractivity contribution in [2.45, 2.75) is 32.7 Å². The first-order valence-electron chi connectivity index (χ1n) is 8.31. The van der Waals surface area contributed by atoms with E-state index in [1.165, 1.54) is 0 Å². The summed E-state index contributed by atoms with van der Waals surface area (Å²) in [6.07, 6.45) is 1.51. The third-order valence-corrected chi connectivity index (χ3v) is 5.27. The highest BCUT2D eigenvalue weighted by molar-refractivity contribution is 7.10. The van der Waals surface area contributed by atoms with Crippen LogP contribution in [-0.2, 0) is 4.79 Å². The van der Waals surface area contributed by atoms with Gasteiger partial charge in [-0.05, 0) is 48.1 Å². The summed E-state index contributed by atoms with van der Waals surface area (Å²) < 4.78 is 0. The van der Waals surface area contributed by atoms with E-state index in [0.717, 1.165) is 23.5 Å². The third kappa shape index (κ3) is 3.51. The molecule has 3 rings (SSSR count). The number of thiophene rings is 1. The monoisotopic (exact) mass is 342 g/mol. The number of nitrogens with one attached hydrogen (secondary N) is 1. The molecule has 1 fully saturated rings. The largest absolute Gasteiger partial charge is 0.344 e. The van der Waals surface area contributed by atoms with Gasteiger partial charge in [-0.25, -0.2) is 0 Å². The maximum Gasteiger partial charge on any atom is 0.251 e. The SMILES string of the molecule is CC(C)[C@H](NC(=O)c1ccc(N2CCCC2=O)cc1)c1cccs1. The summed E-state index contributed by atoms with van der Waals surface area (Å²) in [5.74, 6) is 0.389. The summed E-state index contributed by atoms with van der Waals surface area (Å²) in [4.78, 5) is 27.3. The van der Waals surface area contributed by atoms with E-state index in [4.69, 9.17) is 0 Å². The molecule has 0 saturated carbocycles. The zero-order valence-corrected chi connectivity index (χ0v) is 14.8. The van der Waals surface area contributed by atoms with E-state index in [1.54, 1.807) is 28.4 Å². The lowest BCUT2D eigenvalue weighted by Crippen LogP contribution is -2.31. The van der Waals surface area contributed by atoms with Crippen molar-refractivity contribution in [3.63, 3.8) is 0 Å². The summed E-state index contributed by atoms with van der Waals surface area (Å²) in [5.41, 5.74) is 1.49. The molecule has 1 aliphatic heterocycles. The zero-order chi connectivity index (χ0) is 17.1. The van der Waals surface area contributed by atoms with Crippen LogP contribution >= 0.6 is 11.3 Å². The number of carbonyl (C=O) groups excluding carboxylic acids is 2. The van der Waals surface area contributed by atoms with Gasteiger partial charge in [-0.1, -0.05) is 19.9 Å². The molecule has 5 heteroatoms. The number of hydrogen-bond acceptors (Lipinski definition) is 3. The van der Waals surface area contributed by atoms with Crippen LogP contribution in [0, 0.1) is 5.92 Å². The first-order chi connectivity index (χ1) is 11.6. The fraction of sp³-hybridized carbons (Fsp3) is 0.368. The number of carbonyl (C=O) groups is 2. The van der Waals surface area contributed by atoms with Gasteiger partial charge in [-0.15, -0.1) is 11.3 Å². The molecule has 1 atom stereocenters. The van der Waals surface area contributed by atoms with Crippen LogP contribution < -0.4 is 10.2 Å². The normalized spacial score (nSPS) is 15.8. The topological polar surface area (TPSA) is 49.4 Å². The highest BCUT2D eigenvalue weighted by atomic mass is 32.1. The molecule has 1 aromatic carbocycles. The number of amides is 2. The summed E-state index contributed by atoms with van der Waals surface area (Å²) in [7, 11) is 0. The van der Waals surface area contributed by atoms with Crippen molar-refractivity contribution in [1.29, 1.82) is 0 Å². The van der Waals surface area contributed by atoms with Crippen LogP contribution in [-0.4, -0.2) is 18.4 Å². The summed E-state index contributed by atoms with van der Waals surface area (Å²) >= 11 is 1.66. The molecular weight excluding hydrogens is 320 g/mol. The van der Waals surface area contributed by atoms with Gasteiger partial charge in [0.25, 0.3) is 5.91 Å². The first-order valence-corrected chi connectivity index (χ1v) is 9.19. The fourth-order valence-electron chi connectivity index (χ4n) is 2.97. The molecule has 0 radical (unpaired) electrons. The zero-order valence-electron chi connectivity index (χ0n) is 14.0. The number of nitrogens with zero attached hydrogens (tertiary/aromatic N) is 1. The smallest absolute Gasteiger partial charge is 0.251 e. The number of hydrogen-bond donors (Lipinski definition) is 1. The van der Waals surface area contributed by atoms with Gasteiger partial charge >= 0.3 is 0 Å². The Labute approximate surface area is 146 Å². The van der Waals surface area contributed by atoms with Gasteiger partial charge in [0.1, 0.15) is 0 Å². The molecule has 1 aliphatic rings. The highest BCUT2D eigenvalue weighted by Crippen LogP contribution is 2.26. The van der Waals surface area contributed by atoms with Gasteiger partial charge in [0.15, 0.2) is 0 Å². The maximum absolute atomic E-state index is 12.6. The van der Waals surface area contributed by atoms with Crippen LogP contribution in [0.15, 0.2) is 41.8 Å². The summed E-state index contributed by atoms with van der Waals surface area (Å²) in [6.45, 7) is 4.97. The van der Waals surface area contributed by atoms with Gasteiger partial charge in [0.2, 0.25) is 5.91 Å². The molecule has 0 unspecified atom stereocenters. The van der Waals surface area contributed by atoms with Gasteiger partial charge in [-0.3, -0.25) is 9.59 Å². The van der Waals surface area contributed by atoms with E-state index in [1.807, 2.05) is 23.6 Å². The number of benzene rings is 1. The predicted molar refractivity (Wildman–Crippen MR) is 97.4 cm³/mol. The molecule has 24 heavy (non-hydrogen) atoms. The lowest BCUT2D eigenvalue weighted by Gasteiger charge is -2.21. The van der Waals surface area contributed by atoms with E-state index in [2.05, 4.69) is 25.2 Å². The second-order valence-electron chi connectivity index (χ2n) is 6.41. The number of anilines is 1. The van der Waals surface area contributed by atoms with Crippen molar-refractivity contribution in [2.24, 2.45) is 5.92 Å². The Kier molecular flexibility index (Phi) is 5.00. The molecule has 1 saturated heterocycles. The van der Waals surface area contributed by atoms with Crippen LogP contribution in [0.2, 0.25) is 0 Å². The third-order valence-electron chi connectivity index (χ3n) is 4.32. The Morgan fingerprint density at radius 1 is 1.21 bits per heavy atom. The van der Waals surface area contributed by atoms with Crippen molar-refractivity contribution < 1.29 is 9.59 Å². The molecule has 0 aliphatic carbocycles. The Hall–Kier alpha value is -2.14. The van der Waals surface area contributed by atoms with Gasteiger partial charge in [0, 0.05) is 29.1 Å². The summed E-state index contributed by atoms with van der Waals surface area (Å²) in [5, 5.41) is 5.15. The molecule has 4 nitrogen and oxygen atoms in total. The second-order valence-corrected chi connectivity index (χ2v) is 7.39.